The molecule has 0 aliphatic heterocycles. The molecule has 0 amide bonds. The third kappa shape index (κ3) is 3.31. The van der Waals surface area contributed by atoms with Gasteiger partial charge in [-0.15, -0.1) is 0 Å². The third-order valence-corrected chi connectivity index (χ3v) is 1.34. The van der Waals surface area contributed by atoms with Gasteiger partial charge in [-0.3, -0.25) is 0 Å². The van der Waals surface area contributed by atoms with E-state index >= 15 is 0 Å². The predicted octanol–water partition coefficient (Wildman–Crippen LogP) is 0.824. The largest absolute Gasteiger partial charge is 0.377 e. The molecule has 0 N–H and O–H groups in total. The van der Waals surface area contributed by atoms with Gasteiger partial charge in [0.2, 0.25) is 0 Å². The number of nitrogens with zero attached hydrogens (tertiary/aromatic N) is 2. The summed E-state index contributed by atoms with van der Waals surface area (Å²) in [6, 6.07) is 0. The Bertz CT molecular complexity index is 137. The van der Waals surface area contributed by atoms with Crippen LogP contribution >= 0.6 is 0 Å². The Morgan fingerprint density at radius 3 is 2.40 bits per heavy atom. The van der Waals surface area contributed by atoms with Gasteiger partial charge in [0.05, 0.1) is 12.1 Å². The van der Waals surface area contributed by atoms with Crippen molar-refractivity contribution in [3.8, 4) is 6.19 Å². The zero-order valence-corrected chi connectivity index (χ0v) is 7.01. The maximum atomic E-state index is 8.41. The van der Waals surface area contributed by atoms with E-state index in [9.17, 15) is 0 Å². The monoisotopic (exact) mass is 142 g/mol. The van der Waals surface area contributed by atoms with Crippen molar-refractivity contribution >= 4 is 0 Å². The van der Waals surface area contributed by atoms with Gasteiger partial charge in [-0.1, -0.05) is 0 Å². The molecule has 0 rings (SSSR count). The first-order chi connectivity index (χ1) is 4.52. The molecule has 3 heteroatoms. The second-order valence-electron chi connectivity index (χ2n) is 2.92. The SMILES string of the molecule is COC(C)(C)CN(C)C#N. The average Bonchev–Trinajstić information content (AvgIpc) is 1.87. The van der Waals surface area contributed by atoms with Crippen molar-refractivity contribution in [1.82, 2.24) is 4.90 Å². The van der Waals surface area contributed by atoms with E-state index in [1.165, 1.54) is 0 Å². The number of rotatable bonds is 3. The highest BCUT2D eigenvalue weighted by Crippen LogP contribution is 2.07. The maximum Gasteiger partial charge on any atom is 0.179 e. The molecule has 3 nitrogen and oxygen atoms in total. The third-order valence-electron chi connectivity index (χ3n) is 1.34. The minimum absolute atomic E-state index is 0.232. The topological polar surface area (TPSA) is 36.3 Å². The van der Waals surface area contributed by atoms with Crippen LogP contribution in [0, 0.1) is 11.5 Å². The van der Waals surface area contributed by atoms with Gasteiger partial charge < -0.3 is 9.64 Å². The van der Waals surface area contributed by atoms with Crippen molar-refractivity contribution in [3.63, 3.8) is 0 Å². The molecule has 0 aromatic heterocycles. The molecule has 0 spiro atoms. The van der Waals surface area contributed by atoms with Crippen LogP contribution < -0.4 is 0 Å². The molecule has 0 bridgehead atoms. The highest BCUT2D eigenvalue weighted by atomic mass is 16.5. The fraction of sp³-hybridized carbons (Fsp3) is 0.857. The van der Waals surface area contributed by atoms with E-state index in [0.717, 1.165) is 0 Å². The van der Waals surface area contributed by atoms with Crippen LogP contribution in [0.1, 0.15) is 13.8 Å². The first-order valence-electron chi connectivity index (χ1n) is 3.18. The smallest absolute Gasteiger partial charge is 0.179 e. The van der Waals surface area contributed by atoms with Gasteiger partial charge in [0.1, 0.15) is 0 Å². The van der Waals surface area contributed by atoms with Gasteiger partial charge in [-0.2, -0.15) is 5.26 Å². The molecule has 0 unspecified atom stereocenters. The lowest BCUT2D eigenvalue weighted by atomic mass is 10.1. The predicted molar refractivity (Wildman–Crippen MR) is 39.3 cm³/mol. The van der Waals surface area contributed by atoms with Crippen molar-refractivity contribution in [2.24, 2.45) is 0 Å². The Labute approximate surface area is 62.2 Å². The van der Waals surface area contributed by atoms with Gasteiger partial charge in [0, 0.05) is 14.2 Å². The first kappa shape index (κ1) is 9.25. The van der Waals surface area contributed by atoms with Gasteiger partial charge in [-0.25, -0.2) is 0 Å². The number of hydrogen-bond acceptors (Lipinski definition) is 3. The van der Waals surface area contributed by atoms with E-state index in [1.807, 2.05) is 20.0 Å². The first-order valence-corrected chi connectivity index (χ1v) is 3.18. The van der Waals surface area contributed by atoms with E-state index in [1.54, 1.807) is 19.1 Å². The number of likely N-dealkylation sites (N-methyl/N-ethyl adjacent to an activating group) is 1. The van der Waals surface area contributed by atoms with Crippen LogP contribution in [0.5, 0.6) is 0 Å². The summed E-state index contributed by atoms with van der Waals surface area (Å²) in [6.45, 7) is 4.52. The van der Waals surface area contributed by atoms with Gasteiger partial charge in [0.15, 0.2) is 6.19 Å². The summed E-state index contributed by atoms with van der Waals surface area (Å²) in [5, 5.41) is 8.41. The van der Waals surface area contributed by atoms with E-state index in [4.69, 9.17) is 10.00 Å². The summed E-state index contributed by atoms with van der Waals surface area (Å²) >= 11 is 0. The average molecular weight is 142 g/mol. The molecule has 0 fully saturated rings. The molecule has 0 heterocycles. The number of methoxy groups -OCH3 is 1. The minimum Gasteiger partial charge on any atom is -0.377 e. The van der Waals surface area contributed by atoms with Crippen molar-refractivity contribution in [2.45, 2.75) is 19.4 Å². The summed E-state index contributed by atoms with van der Waals surface area (Å²) in [5.74, 6) is 0. The van der Waals surface area contributed by atoms with E-state index in [0.29, 0.717) is 6.54 Å². The second-order valence-corrected chi connectivity index (χ2v) is 2.92. The molecular formula is C7H14N2O. The summed E-state index contributed by atoms with van der Waals surface area (Å²) in [6.07, 6.45) is 2.01. The van der Waals surface area contributed by atoms with Crippen molar-refractivity contribution in [2.75, 3.05) is 20.7 Å². The molecule has 0 aromatic carbocycles. The fourth-order valence-electron chi connectivity index (χ4n) is 0.671. The molecule has 0 aliphatic carbocycles. The minimum atomic E-state index is -0.232. The lowest BCUT2D eigenvalue weighted by molar-refractivity contribution is 0.00772. The van der Waals surface area contributed by atoms with Gasteiger partial charge >= 0.3 is 0 Å². The zero-order valence-electron chi connectivity index (χ0n) is 7.01. The van der Waals surface area contributed by atoms with Crippen molar-refractivity contribution in [1.29, 1.82) is 5.26 Å². The lowest BCUT2D eigenvalue weighted by Crippen LogP contribution is -2.35. The molecule has 10 heavy (non-hydrogen) atoms. The molecule has 0 radical (unpaired) electrons. The molecular weight excluding hydrogens is 128 g/mol. The number of ether oxygens (including phenoxy) is 1. The zero-order chi connectivity index (χ0) is 8.20. The van der Waals surface area contributed by atoms with Crippen LogP contribution in [-0.2, 0) is 4.74 Å². The summed E-state index contributed by atoms with van der Waals surface area (Å²) in [7, 11) is 3.38. The van der Waals surface area contributed by atoms with Crippen LogP contribution in [0.15, 0.2) is 0 Å². The maximum absolute atomic E-state index is 8.41. The lowest BCUT2D eigenvalue weighted by Gasteiger charge is -2.25. The Morgan fingerprint density at radius 1 is 1.60 bits per heavy atom. The Morgan fingerprint density at radius 2 is 2.10 bits per heavy atom. The number of hydrogen-bond donors (Lipinski definition) is 0. The molecule has 0 aromatic rings. The van der Waals surface area contributed by atoms with E-state index < -0.39 is 0 Å². The highest BCUT2D eigenvalue weighted by Gasteiger charge is 2.17. The second kappa shape index (κ2) is 3.43. The summed E-state index contributed by atoms with van der Waals surface area (Å²) in [5.41, 5.74) is -0.232. The molecule has 0 aliphatic rings. The quantitative estimate of drug-likeness (QED) is 0.432. The van der Waals surface area contributed by atoms with Crippen LogP contribution in [-0.4, -0.2) is 31.2 Å². The van der Waals surface area contributed by atoms with Gasteiger partial charge in [-0.05, 0) is 13.8 Å². The molecule has 0 saturated carbocycles. The van der Waals surface area contributed by atoms with E-state index in [2.05, 4.69) is 0 Å². The van der Waals surface area contributed by atoms with Crippen molar-refractivity contribution in [3.05, 3.63) is 0 Å². The standard InChI is InChI=1S/C7H14N2O/c1-7(2,10-4)5-9(3)6-8/h5H2,1-4H3. The summed E-state index contributed by atoms with van der Waals surface area (Å²) in [4.78, 5) is 1.55. The van der Waals surface area contributed by atoms with Crippen LogP contribution in [0.25, 0.3) is 0 Å². The Hall–Kier alpha value is -0.750. The van der Waals surface area contributed by atoms with Crippen LogP contribution in [0.4, 0.5) is 0 Å². The number of nitriles is 1. The van der Waals surface area contributed by atoms with Crippen LogP contribution in [0.3, 0.4) is 0 Å². The van der Waals surface area contributed by atoms with Crippen molar-refractivity contribution < 1.29 is 4.74 Å². The molecule has 58 valence electrons. The summed E-state index contributed by atoms with van der Waals surface area (Å²) < 4.78 is 5.12. The molecule has 0 atom stereocenters. The Kier molecular flexibility index (Phi) is 3.17. The van der Waals surface area contributed by atoms with Gasteiger partial charge in [0.25, 0.3) is 0 Å². The Balaban J connectivity index is 3.79. The van der Waals surface area contributed by atoms with Crippen LogP contribution in [0.2, 0.25) is 0 Å². The normalized spacial score (nSPS) is 10.7. The molecule has 0 saturated heterocycles. The van der Waals surface area contributed by atoms with E-state index in [-0.39, 0.29) is 5.60 Å². The highest BCUT2D eigenvalue weighted by molar-refractivity contribution is 4.78. The fourth-order valence-corrected chi connectivity index (χ4v) is 0.671.